The number of benzene rings is 2. The fourth-order valence-electron chi connectivity index (χ4n) is 3.70. The highest BCUT2D eigenvalue weighted by Gasteiger charge is 2.33. The van der Waals surface area contributed by atoms with E-state index in [-0.39, 0.29) is 17.0 Å². The van der Waals surface area contributed by atoms with Crippen molar-refractivity contribution in [1.82, 2.24) is 9.80 Å². The molecule has 0 aromatic heterocycles. The molecule has 0 amide bonds. The van der Waals surface area contributed by atoms with Gasteiger partial charge < -0.3 is 9.64 Å². The number of carbonyl (C=O) groups is 1. The van der Waals surface area contributed by atoms with Gasteiger partial charge in [-0.25, -0.2) is 4.79 Å². The van der Waals surface area contributed by atoms with Gasteiger partial charge in [-0.05, 0) is 43.3 Å². The molecule has 2 aromatic carbocycles. The van der Waals surface area contributed by atoms with Crippen molar-refractivity contribution in [1.29, 1.82) is 0 Å². The third kappa shape index (κ3) is 4.43. The number of ether oxygens (including phenoxy) is 1. The number of nitrogens with zero attached hydrogens (tertiary/aromatic N) is 3. The first kappa shape index (κ1) is 21.0. The van der Waals surface area contributed by atoms with Gasteiger partial charge in [0.25, 0.3) is 10.0 Å². The molecule has 4 rings (SSSR count). The van der Waals surface area contributed by atoms with E-state index >= 15 is 0 Å². The zero-order valence-electron chi connectivity index (χ0n) is 16.5. The standard InChI is InChI=1S/C21H22BrN3O4S/c1-15(29-21(26)16-6-8-17(22)9-7-16)14-24-10-12-25(13-11-24)20-18-4-2-3-5-19(18)30(27,28)23-20/h2-9,15H,10-14H2,1H3/t15-/m0/s1. The second-order valence-electron chi connectivity index (χ2n) is 7.40. The first-order valence-corrected chi connectivity index (χ1v) is 11.9. The summed E-state index contributed by atoms with van der Waals surface area (Å²) in [6.45, 7) is 5.30. The van der Waals surface area contributed by atoms with Crippen LogP contribution in [0.5, 0.6) is 0 Å². The van der Waals surface area contributed by atoms with Gasteiger partial charge in [0.1, 0.15) is 11.0 Å². The highest BCUT2D eigenvalue weighted by molar-refractivity contribution is 9.10. The van der Waals surface area contributed by atoms with E-state index in [2.05, 4.69) is 25.2 Å². The number of carbonyl (C=O) groups excluding carboxylic acids is 1. The summed E-state index contributed by atoms with van der Waals surface area (Å²) in [5.41, 5.74) is 1.19. The van der Waals surface area contributed by atoms with E-state index < -0.39 is 10.0 Å². The van der Waals surface area contributed by atoms with Gasteiger partial charge in [-0.2, -0.15) is 8.42 Å². The fourth-order valence-corrected chi connectivity index (χ4v) is 5.19. The Hall–Kier alpha value is -2.23. The van der Waals surface area contributed by atoms with Crippen LogP contribution in [-0.2, 0) is 14.8 Å². The molecule has 1 atom stereocenters. The summed E-state index contributed by atoms with van der Waals surface area (Å²) in [5, 5.41) is 0. The molecule has 158 valence electrons. The van der Waals surface area contributed by atoms with Gasteiger partial charge in [-0.1, -0.05) is 28.1 Å². The molecule has 2 aromatic rings. The zero-order valence-corrected chi connectivity index (χ0v) is 18.9. The van der Waals surface area contributed by atoms with Crippen LogP contribution in [0.15, 0.2) is 62.3 Å². The lowest BCUT2D eigenvalue weighted by Crippen LogP contribution is -2.50. The van der Waals surface area contributed by atoms with E-state index in [0.717, 1.165) is 17.6 Å². The Balaban J connectivity index is 1.32. The van der Waals surface area contributed by atoms with Crippen molar-refractivity contribution in [2.24, 2.45) is 4.40 Å². The molecule has 0 unspecified atom stereocenters. The van der Waals surface area contributed by atoms with Crippen molar-refractivity contribution < 1.29 is 17.9 Å². The Labute approximate surface area is 184 Å². The molecule has 9 heteroatoms. The molecular formula is C21H22BrN3O4S. The Bertz CT molecular complexity index is 1080. The Morgan fingerprint density at radius 3 is 2.47 bits per heavy atom. The number of fused-ring (bicyclic) bond motifs is 1. The van der Waals surface area contributed by atoms with E-state index in [1.54, 1.807) is 30.3 Å². The SMILES string of the molecule is C[C@@H](CN1CCN(C2=NS(=O)(=O)c3ccccc32)CC1)OC(=O)c1ccc(Br)cc1. The van der Waals surface area contributed by atoms with Gasteiger partial charge in [-0.15, -0.1) is 4.40 Å². The monoisotopic (exact) mass is 491 g/mol. The Kier molecular flexibility index (Phi) is 5.95. The predicted octanol–water partition coefficient (Wildman–Crippen LogP) is 2.76. The highest BCUT2D eigenvalue weighted by atomic mass is 79.9. The van der Waals surface area contributed by atoms with E-state index in [9.17, 15) is 13.2 Å². The minimum Gasteiger partial charge on any atom is -0.458 e. The molecule has 30 heavy (non-hydrogen) atoms. The van der Waals surface area contributed by atoms with Crippen LogP contribution in [0, 0.1) is 0 Å². The topological polar surface area (TPSA) is 79.3 Å². The van der Waals surface area contributed by atoms with Crippen LogP contribution in [-0.4, -0.2) is 68.9 Å². The van der Waals surface area contributed by atoms with E-state index in [1.807, 2.05) is 30.0 Å². The molecule has 0 bridgehead atoms. The van der Waals surface area contributed by atoms with E-state index in [4.69, 9.17) is 4.74 Å². The molecule has 2 heterocycles. The molecule has 0 spiro atoms. The minimum atomic E-state index is -3.61. The quantitative estimate of drug-likeness (QED) is 0.611. The first-order valence-electron chi connectivity index (χ1n) is 9.72. The third-order valence-electron chi connectivity index (χ3n) is 5.19. The van der Waals surface area contributed by atoms with Gasteiger partial charge in [0.05, 0.1) is 5.56 Å². The van der Waals surface area contributed by atoms with Crippen molar-refractivity contribution in [3.8, 4) is 0 Å². The molecule has 1 fully saturated rings. The summed E-state index contributed by atoms with van der Waals surface area (Å²) in [4.78, 5) is 16.8. The van der Waals surface area contributed by atoms with Gasteiger partial charge >= 0.3 is 5.97 Å². The maximum absolute atomic E-state index is 12.3. The second-order valence-corrected chi connectivity index (χ2v) is 9.88. The number of amidine groups is 1. The highest BCUT2D eigenvalue weighted by Crippen LogP contribution is 2.27. The van der Waals surface area contributed by atoms with Crippen LogP contribution in [0.25, 0.3) is 0 Å². The summed E-state index contributed by atoms with van der Waals surface area (Å²) >= 11 is 3.35. The summed E-state index contributed by atoms with van der Waals surface area (Å²) in [5.74, 6) is 0.190. The molecule has 2 aliphatic heterocycles. The zero-order chi connectivity index (χ0) is 21.3. The number of esters is 1. The molecule has 0 saturated carbocycles. The number of hydrogen-bond acceptors (Lipinski definition) is 6. The lowest BCUT2D eigenvalue weighted by Gasteiger charge is -2.36. The van der Waals surface area contributed by atoms with Gasteiger partial charge in [-0.3, -0.25) is 4.90 Å². The molecule has 1 saturated heterocycles. The maximum atomic E-state index is 12.3. The minimum absolute atomic E-state index is 0.252. The molecule has 7 nitrogen and oxygen atoms in total. The largest absolute Gasteiger partial charge is 0.458 e. The molecule has 2 aliphatic rings. The Morgan fingerprint density at radius 2 is 1.77 bits per heavy atom. The van der Waals surface area contributed by atoms with Crippen molar-refractivity contribution >= 4 is 37.8 Å². The third-order valence-corrected chi connectivity index (χ3v) is 7.04. The number of halogens is 1. The summed E-state index contributed by atoms with van der Waals surface area (Å²) in [6, 6.07) is 14.0. The van der Waals surface area contributed by atoms with E-state index in [1.165, 1.54) is 0 Å². The van der Waals surface area contributed by atoms with Gasteiger partial charge in [0.15, 0.2) is 5.84 Å². The van der Waals surface area contributed by atoms with Crippen LogP contribution in [0.4, 0.5) is 0 Å². The van der Waals surface area contributed by atoms with Crippen LogP contribution < -0.4 is 0 Å². The lowest BCUT2D eigenvalue weighted by molar-refractivity contribution is 0.0221. The number of sulfonamides is 1. The number of piperazine rings is 1. The van der Waals surface area contributed by atoms with Crippen molar-refractivity contribution in [3.05, 3.63) is 64.1 Å². The average molecular weight is 492 g/mol. The van der Waals surface area contributed by atoms with Crippen molar-refractivity contribution in [3.63, 3.8) is 0 Å². The van der Waals surface area contributed by atoms with E-state index in [0.29, 0.717) is 36.6 Å². The van der Waals surface area contributed by atoms with Gasteiger partial charge in [0, 0.05) is 42.8 Å². The van der Waals surface area contributed by atoms with Crippen molar-refractivity contribution in [2.45, 2.75) is 17.9 Å². The smallest absolute Gasteiger partial charge is 0.338 e. The number of hydrogen-bond donors (Lipinski definition) is 0. The second kappa shape index (κ2) is 8.49. The summed E-state index contributed by atoms with van der Waals surface area (Å²) in [6.07, 6.45) is -0.252. The predicted molar refractivity (Wildman–Crippen MR) is 117 cm³/mol. The maximum Gasteiger partial charge on any atom is 0.338 e. The number of rotatable bonds is 4. The summed E-state index contributed by atoms with van der Waals surface area (Å²) in [7, 11) is -3.61. The first-order chi connectivity index (χ1) is 14.3. The summed E-state index contributed by atoms with van der Waals surface area (Å²) < 4.78 is 35.0. The van der Waals surface area contributed by atoms with Crippen LogP contribution in [0.3, 0.4) is 0 Å². The molecule has 0 N–H and O–H groups in total. The Morgan fingerprint density at radius 1 is 1.10 bits per heavy atom. The van der Waals surface area contributed by atoms with Crippen LogP contribution >= 0.6 is 15.9 Å². The average Bonchev–Trinajstić information content (AvgIpc) is 3.00. The fraction of sp³-hybridized carbons (Fsp3) is 0.333. The molecule has 0 aliphatic carbocycles. The van der Waals surface area contributed by atoms with Crippen LogP contribution in [0.2, 0.25) is 0 Å². The normalized spacial score (nSPS) is 19.1. The van der Waals surface area contributed by atoms with Gasteiger partial charge in [0.2, 0.25) is 0 Å². The van der Waals surface area contributed by atoms with Crippen molar-refractivity contribution in [2.75, 3.05) is 32.7 Å². The lowest BCUT2D eigenvalue weighted by atomic mass is 10.1. The molecular weight excluding hydrogens is 470 g/mol. The van der Waals surface area contributed by atoms with Crippen LogP contribution in [0.1, 0.15) is 22.8 Å². The molecule has 0 radical (unpaired) electrons.